The Kier molecular flexibility index (Phi) is 7.39. The molecule has 2 heterocycles. The third-order valence-electron chi connectivity index (χ3n) is 5.15. The normalized spacial score (nSPS) is 13.9. The average Bonchev–Trinajstić information content (AvgIpc) is 3.17. The highest BCUT2D eigenvalue weighted by molar-refractivity contribution is 7.99. The van der Waals surface area contributed by atoms with Crippen LogP contribution in [0.1, 0.15) is 11.1 Å². The third-order valence-corrected chi connectivity index (χ3v) is 7.34. The number of nitrogens with zero attached hydrogens (tertiary/aromatic N) is 4. The van der Waals surface area contributed by atoms with Crippen LogP contribution in [0.2, 0.25) is 0 Å². The molecule has 1 N–H and O–H groups in total. The summed E-state index contributed by atoms with van der Waals surface area (Å²) in [6.07, 6.45) is 0. The van der Waals surface area contributed by atoms with Gasteiger partial charge in [-0.15, -0.1) is 10.2 Å². The lowest BCUT2D eigenvalue weighted by Gasteiger charge is -2.27. The molecule has 168 valence electrons. The van der Waals surface area contributed by atoms with Gasteiger partial charge >= 0.3 is 0 Å². The van der Waals surface area contributed by atoms with Gasteiger partial charge in [0.2, 0.25) is 11.9 Å². The predicted octanol–water partition coefficient (Wildman–Crippen LogP) is 4.15. The van der Waals surface area contributed by atoms with Crippen molar-refractivity contribution in [3.63, 3.8) is 0 Å². The van der Waals surface area contributed by atoms with Crippen molar-refractivity contribution in [2.45, 2.75) is 28.8 Å². The van der Waals surface area contributed by atoms with Crippen molar-refractivity contribution in [2.24, 2.45) is 7.05 Å². The van der Waals surface area contributed by atoms with Crippen molar-refractivity contribution < 1.29 is 9.53 Å². The summed E-state index contributed by atoms with van der Waals surface area (Å²) in [5, 5.41) is 12.2. The molecule has 7 nitrogen and oxygen atoms in total. The number of nitrogens with one attached hydrogen (secondary N) is 1. The van der Waals surface area contributed by atoms with Crippen molar-refractivity contribution in [3.8, 4) is 0 Å². The largest absolute Gasteiger partial charge is 0.378 e. The highest BCUT2D eigenvalue weighted by Crippen LogP contribution is 2.31. The van der Waals surface area contributed by atoms with Crippen molar-refractivity contribution in [1.82, 2.24) is 14.8 Å². The van der Waals surface area contributed by atoms with Crippen molar-refractivity contribution >= 4 is 41.1 Å². The van der Waals surface area contributed by atoms with Crippen LogP contribution in [-0.2, 0) is 16.6 Å². The highest BCUT2D eigenvalue weighted by Gasteiger charge is 2.19. The molecule has 4 rings (SSSR count). The summed E-state index contributed by atoms with van der Waals surface area (Å²) in [4.78, 5) is 17.0. The van der Waals surface area contributed by atoms with E-state index in [2.05, 4.69) is 52.5 Å². The zero-order valence-electron chi connectivity index (χ0n) is 18.5. The molecule has 3 aromatic rings. The van der Waals surface area contributed by atoms with Gasteiger partial charge in [0.15, 0.2) is 5.16 Å². The van der Waals surface area contributed by atoms with Crippen LogP contribution < -0.4 is 10.2 Å². The van der Waals surface area contributed by atoms with Crippen molar-refractivity contribution in [1.29, 1.82) is 0 Å². The van der Waals surface area contributed by atoms with Gasteiger partial charge in [0.05, 0.1) is 19.0 Å². The van der Waals surface area contributed by atoms with Crippen LogP contribution >= 0.6 is 23.5 Å². The molecule has 32 heavy (non-hydrogen) atoms. The summed E-state index contributed by atoms with van der Waals surface area (Å²) >= 11 is 3.11. The van der Waals surface area contributed by atoms with E-state index >= 15 is 0 Å². The summed E-state index contributed by atoms with van der Waals surface area (Å²) in [5.74, 6) is 1.02. The maximum Gasteiger partial charge on any atom is 0.234 e. The molecule has 9 heteroatoms. The van der Waals surface area contributed by atoms with E-state index < -0.39 is 0 Å². The minimum atomic E-state index is -0.0687. The van der Waals surface area contributed by atoms with Crippen LogP contribution in [0.5, 0.6) is 0 Å². The number of benzene rings is 2. The van der Waals surface area contributed by atoms with Crippen molar-refractivity contribution in [3.05, 3.63) is 53.6 Å². The number of hydrogen-bond donors (Lipinski definition) is 1. The Morgan fingerprint density at radius 2 is 1.84 bits per heavy atom. The van der Waals surface area contributed by atoms with E-state index in [1.54, 1.807) is 11.8 Å². The lowest BCUT2D eigenvalue weighted by atomic mass is 10.2. The van der Waals surface area contributed by atoms with E-state index in [4.69, 9.17) is 4.74 Å². The molecule has 0 saturated carbocycles. The first-order chi connectivity index (χ1) is 15.5. The van der Waals surface area contributed by atoms with E-state index in [1.165, 1.54) is 27.8 Å². The molecule has 0 unspecified atom stereocenters. The van der Waals surface area contributed by atoms with Crippen LogP contribution in [-0.4, -0.2) is 52.7 Å². The number of carbonyl (C=O) groups excluding carboxylic acids is 1. The van der Waals surface area contributed by atoms with Crippen LogP contribution in [0.3, 0.4) is 0 Å². The van der Waals surface area contributed by atoms with Gasteiger partial charge in [-0.2, -0.15) is 0 Å². The molecule has 1 aromatic heterocycles. The second-order valence-electron chi connectivity index (χ2n) is 7.67. The van der Waals surface area contributed by atoms with Gasteiger partial charge in [-0.3, -0.25) is 9.36 Å². The minimum Gasteiger partial charge on any atom is -0.378 e. The van der Waals surface area contributed by atoms with E-state index in [1.807, 2.05) is 35.9 Å². The number of amides is 1. The molecule has 0 radical (unpaired) electrons. The number of rotatable bonds is 7. The minimum absolute atomic E-state index is 0.0687. The molecule has 1 amide bonds. The second kappa shape index (κ2) is 10.4. The standard InChI is InChI=1S/C23H27N5O2S2/c1-16-4-5-17(2)20(14-16)32-19-8-6-18(7-9-19)24-21(29)15-31-23-26-25-22(27(23)3)28-10-12-30-13-11-28/h4-9,14H,10-13,15H2,1-3H3,(H,24,29). The summed E-state index contributed by atoms with van der Waals surface area (Å²) < 4.78 is 7.32. The predicted molar refractivity (Wildman–Crippen MR) is 130 cm³/mol. The number of aryl methyl sites for hydroxylation is 2. The van der Waals surface area contributed by atoms with Crippen LogP contribution in [0.4, 0.5) is 11.6 Å². The zero-order chi connectivity index (χ0) is 22.5. The molecule has 1 aliphatic rings. The Hall–Kier alpha value is -2.49. The number of ether oxygens (including phenoxy) is 1. The maximum atomic E-state index is 12.4. The number of hydrogen-bond acceptors (Lipinski definition) is 7. The Balaban J connectivity index is 1.30. The Bertz CT molecular complexity index is 1080. The van der Waals surface area contributed by atoms with Gasteiger partial charge in [-0.05, 0) is 55.3 Å². The first-order valence-electron chi connectivity index (χ1n) is 10.5. The van der Waals surface area contributed by atoms with Gasteiger partial charge in [0.25, 0.3) is 0 Å². The lowest BCUT2D eigenvalue weighted by Crippen LogP contribution is -2.37. The molecule has 0 atom stereocenters. The van der Waals surface area contributed by atoms with Gasteiger partial charge < -0.3 is 15.0 Å². The smallest absolute Gasteiger partial charge is 0.234 e. The number of anilines is 2. The molecule has 2 aromatic carbocycles. The Morgan fingerprint density at radius 3 is 2.59 bits per heavy atom. The third kappa shape index (κ3) is 5.65. The molecule has 1 aliphatic heterocycles. The number of aromatic nitrogens is 3. The SMILES string of the molecule is Cc1ccc(C)c(Sc2ccc(NC(=O)CSc3nnc(N4CCOCC4)n3C)cc2)c1. The highest BCUT2D eigenvalue weighted by atomic mass is 32.2. The van der Waals surface area contributed by atoms with Gasteiger partial charge in [0.1, 0.15) is 0 Å². The monoisotopic (exact) mass is 469 g/mol. The first kappa shape index (κ1) is 22.7. The number of carbonyl (C=O) groups is 1. The molecular weight excluding hydrogens is 442 g/mol. The fourth-order valence-electron chi connectivity index (χ4n) is 3.35. The molecule has 0 bridgehead atoms. The maximum absolute atomic E-state index is 12.4. The zero-order valence-corrected chi connectivity index (χ0v) is 20.1. The van der Waals surface area contributed by atoms with E-state index in [0.717, 1.165) is 34.8 Å². The van der Waals surface area contributed by atoms with Gasteiger partial charge in [-0.1, -0.05) is 35.7 Å². The van der Waals surface area contributed by atoms with E-state index in [9.17, 15) is 4.79 Å². The molecule has 1 saturated heterocycles. The van der Waals surface area contributed by atoms with Gasteiger partial charge in [0, 0.05) is 35.6 Å². The quantitative estimate of drug-likeness (QED) is 0.521. The average molecular weight is 470 g/mol. The van der Waals surface area contributed by atoms with Gasteiger partial charge in [-0.25, -0.2) is 0 Å². The molecular formula is C23H27N5O2S2. The lowest BCUT2D eigenvalue weighted by molar-refractivity contribution is -0.113. The molecule has 0 spiro atoms. The Morgan fingerprint density at radius 1 is 1.09 bits per heavy atom. The van der Waals surface area contributed by atoms with Crippen LogP contribution in [0, 0.1) is 13.8 Å². The van der Waals surface area contributed by atoms with Crippen LogP contribution in [0.25, 0.3) is 0 Å². The fraction of sp³-hybridized carbons (Fsp3) is 0.348. The second-order valence-corrected chi connectivity index (χ2v) is 9.73. The molecule has 1 fully saturated rings. The molecule has 0 aliphatic carbocycles. The van der Waals surface area contributed by atoms with Crippen LogP contribution in [0.15, 0.2) is 57.4 Å². The Labute approximate surface area is 196 Å². The summed E-state index contributed by atoms with van der Waals surface area (Å²) in [6, 6.07) is 14.4. The van der Waals surface area contributed by atoms with E-state index in [-0.39, 0.29) is 11.7 Å². The number of thioether (sulfide) groups is 1. The topological polar surface area (TPSA) is 72.3 Å². The summed E-state index contributed by atoms with van der Waals surface area (Å²) in [7, 11) is 1.93. The van der Waals surface area contributed by atoms with Crippen molar-refractivity contribution in [2.75, 3.05) is 42.3 Å². The summed E-state index contributed by atoms with van der Waals surface area (Å²) in [5.41, 5.74) is 3.29. The first-order valence-corrected chi connectivity index (χ1v) is 12.3. The van der Waals surface area contributed by atoms with E-state index in [0.29, 0.717) is 13.2 Å². The number of morpholine rings is 1. The summed E-state index contributed by atoms with van der Waals surface area (Å²) in [6.45, 7) is 7.21. The fourth-order valence-corrected chi connectivity index (χ4v) is 5.06.